The lowest BCUT2D eigenvalue weighted by molar-refractivity contribution is 0.112. The van der Waals surface area contributed by atoms with Crippen LogP contribution in [0.25, 0.3) is 5.57 Å². The lowest BCUT2D eigenvalue weighted by atomic mass is 9.88. The Labute approximate surface area is 109 Å². The largest absolute Gasteiger partial charge is 0.399 e. The Balaban J connectivity index is 3.52. The summed E-state index contributed by atoms with van der Waals surface area (Å²) in [6.45, 7) is 12.3. The molecule has 0 aliphatic rings. The van der Waals surface area contributed by atoms with Crippen molar-refractivity contribution in [1.82, 2.24) is 0 Å². The summed E-state index contributed by atoms with van der Waals surface area (Å²) in [5.41, 5.74) is 11.1. The number of hydrogen-bond donors (Lipinski definition) is 1. The van der Waals surface area contributed by atoms with Crippen molar-refractivity contribution in [2.24, 2.45) is 0 Å². The van der Waals surface area contributed by atoms with Crippen LogP contribution in [0, 0.1) is 0 Å². The number of carbonyl (C=O) groups is 1. The predicted octanol–water partition coefficient (Wildman–Crippen LogP) is 4.18. The highest BCUT2D eigenvalue weighted by Crippen LogP contribution is 2.31. The second kappa shape index (κ2) is 5.67. The first-order valence-electron chi connectivity index (χ1n) is 6.09. The van der Waals surface area contributed by atoms with E-state index in [4.69, 9.17) is 5.73 Å². The van der Waals surface area contributed by atoms with Crippen molar-refractivity contribution in [1.29, 1.82) is 0 Å². The van der Waals surface area contributed by atoms with E-state index in [1.54, 1.807) is 6.07 Å². The van der Waals surface area contributed by atoms with Crippen molar-refractivity contribution in [2.75, 3.05) is 5.73 Å². The fourth-order valence-corrected chi connectivity index (χ4v) is 2.05. The third kappa shape index (κ3) is 3.10. The van der Waals surface area contributed by atoms with Gasteiger partial charge in [0.05, 0.1) is 0 Å². The van der Waals surface area contributed by atoms with Crippen LogP contribution in [0.4, 0.5) is 5.69 Å². The number of benzene rings is 1. The molecule has 2 nitrogen and oxygen atoms in total. The van der Waals surface area contributed by atoms with E-state index < -0.39 is 0 Å². The maximum Gasteiger partial charge on any atom is 0.150 e. The number of allylic oxidation sites excluding steroid dienone is 3. The third-order valence-corrected chi connectivity index (χ3v) is 2.75. The molecule has 18 heavy (non-hydrogen) atoms. The number of nitrogens with two attached hydrogens (primary N) is 1. The molecule has 0 radical (unpaired) electrons. The SMILES string of the molecule is C=C(C=C(C)C)c1c(C=O)cc(N)cc1C(C)C. The van der Waals surface area contributed by atoms with Crippen LogP contribution in [0.15, 0.2) is 30.4 Å². The zero-order valence-corrected chi connectivity index (χ0v) is 11.6. The van der Waals surface area contributed by atoms with Gasteiger partial charge in [-0.2, -0.15) is 0 Å². The molecule has 2 heteroatoms. The van der Waals surface area contributed by atoms with Crippen molar-refractivity contribution in [3.8, 4) is 0 Å². The van der Waals surface area contributed by atoms with Gasteiger partial charge in [0.2, 0.25) is 0 Å². The fourth-order valence-electron chi connectivity index (χ4n) is 2.05. The summed E-state index contributed by atoms with van der Waals surface area (Å²) in [6.07, 6.45) is 2.84. The van der Waals surface area contributed by atoms with E-state index in [9.17, 15) is 4.79 Å². The molecule has 0 fully saturated rings. The van der Waals surface area contributed by atoms with Gasteiger partial charge < -0.3 is 5.73 Å². The molecule has 1 aromatic carbocycles. The number of hydrogen-bond acceptors (Lipinski definition) is 2. The van der Waals surface area contributed by atoms with E-state index in [-0.39, 0.29) is 0 Å². The second-order valence-corrected chi connectivity index (χ2v) is 5.09. The number of carbonyl (C=O) groups excluding carboxylic acids is 1. The van der Waals surface area contributed by atoms with Gasteiger partial charge in [0.1, 0.15) is 0 Å². The smallest absolute Gasteiger partial charge is 0.150 e. The first kappa shape index (κ1) is 14.2. The minimum atomic E-state index is 0.296. The molecule has 1 aromatic rings. The van der Waals surface area contributed by atoms with Crippen molar-refractivity contribution in [2.45, 2.75) is 33.6 Å². The van der Waals surface area contributed by atoms with Gasteiger partial charge in [0, 0.05) is 11.3 Å². The predicted molar refractivity (Wildman–Crippen MR) is 78.8 cm³/mol. The molecule has 0 aliphatic carbocycles. The average molecular weight is 243 g/mol. The van der Waals surface area contributed by atoms with Gasteiger partial charge >= 0.3 is 0 Å². The van der Waals surface area contributed by atoms with Gasteiger partial charge in [-0.3, -0.25) is 4.79 Å². The van der Waals surface area contributed by atoms with Gasteiger partial charge in [-0.15, -0.1) is 0 Å². The molecule has 0 aromatic heterocycles. The van der Waals surface area contributed by atoms with Crippen LogP contribution in [0.3, 0.4) is 0 Å². The van der Waals surface area contributed by atoms with Gasteiger partial charge in [-0.1, -0.05) is 32.1 Å². The normalized spacial score (nSPS) is 10.3. The summed E-state index contributed by atoms with van der Waals surface area (Å²) < 4.78 is 0. The molecule has 0 spiro atoms. The average Bonchev–Trinajstić information content (AvgIpc) is 2.26. The summed E-state index contributed by atoms with van der Waals surface area (Å²) in [5, 5.41) is 0. The monoisotopic (exact) mass is 243 g/mol. The molecule has 0 aliphatic heterocycles. The molecule has 96 valence electrons. The van der Waals surface area contributed by atoms with Crippen LogP contribution in [0.2, 0.25) is 0 Å². The van der Waals surface area contributed by atoms with E-state index in [2.05, 4.69) is 20.4 Å². The standard InChI is InChI=1S/C16H21NO/c1-10(2)6-12(5)16-13(9-18)7-14(17)8-15(16)11(3)4/h6-9,11H,5,17H2,1-4H3. The minimum Gasteiger partial charge on any atom is -0.399 e. The molecular weight excluding hydrogens is 222 g/mol. The number of rotatable bonds is 4. The molecule has 0 bridgehead atoms. The molecule has 0 unspecified atom stereocenters. The van der Waals surface area contributed by atoms with Crippen molar-refractivity contribution in [3.63, 3.8) is 0 Å². The van der Waals surface area contributed by atoms with Gasteiger partial charge in [0.25, 0.3) is 0 Å². The number of aldehydes is 1. The highest BCUT2D eigenvalue weighted by atomic mass is 16.1. The number of anilines is 1. The van der Waals surface area contributed by atoms with E-state index in [1.165, 1.54) is 0 Å². The van der Waals surface area contributed by atoms with E-state index in [0.717, 1.165) is 28.6 Å². The van der Waals surface area contributed by atoms with Crippen LogP contribution in [0.5, 0.6) is 0 Å². The minimum absolute atomic E-state index is 0.296. The second-order valence-electron chi connectivity index (χ2n) is 5.09. The van der Waals surface area contributed by atoms with Crippen molar-refractivity contribution in [3.05, 3.63) is 47.1 Å². The zero-order chi connectivity index (χ0) is 13.9. The molecule has 1 rings (SSSR count). The van der Waals surface area contributed by atoms with Crippen LogP contribution in [-0.2, 0) is 0 Å². The molecule has 0 saturated heterocycles. The van der Waals surface area contributed by atoms with Crippen LogP contribution < -0.4 is 5.73 Å². The molecule has 0 saturated carbocycles. The van der Waals surface area contributed by atoms with E-state index in [0.29, 0.717) is 17.2 Å². The van der Waals surface area contributed by atoms with Gasteiger partial charge in [0.15, 0.2) is 6.29 Å². The van der Waals surface area contributed by atoms with E-state index >= 15 is 0 Å². The Morgan fingerprint density at radius 3 is 2.39 bits per heavy atom. The summed E-state index contributed by atoms with van der Waals surface area (Å²) in [4.78, 5) is 11.2. The molecule has 0 atom stereocenters. The molecule has 0 amide bonds. The quantitative estimate of drug-likeness (QED) is 0.489. The maximum atomic E-state index is 11.2. The van der Waals surface area contributed by atoms with Gasteiger partial charge in [-0.05, 0) is 48.6 Å². The zero-order valence-electron chi connectivity index (χ0n) is 11.6. The Morgan fingerprint density at radius 1 is 1.33 bits per heavy atom. The van der Waals surface area contributed by atoms with Crippen LogP contribution >= 0.6 is 0 Å². The van der Waals surface area contributed by atoms with Crippen molar-refractivity contribution < 1.29 is 4.79 Å². The Bertz CT molecular complexity index is 506. The first-order chi connectivity index (χ1) is 8.36. The van der Waals surface area contributed by atoms with Crippen molar-refractivity contribution >= 4 is 17.5 Å². The first-order valence-corrected chi connectivity index (χ1v) is 6.09. The molecule has 2 N–H and O–H groups in total. The van der Waals surface area contributed by atoms with E-state index in [1.807, 2.05) is 26.0 Å². The Morgan fingerprint density at radius 2 is 1.94 bits per heavy atom. The summed E-state index contributed by atoms with van der Waals surface area (Å²) in [7, 11) is 0. The topological polar surface area (TPSA) is 43.1 Å². The summed E-state index contributed by atoms with van der Waals surface area (Å²) >= 11 is 0. The highest BCUT2D eigenvalue weighted by Gasteiger charge is 2.14. The van der Waals surface area contributed by atoms with Crippen LogP contribution in [-0.4, -0.2) is 6.29 Å². The number of nitrogen functional groups attached to an aromatic ring is 1. The van der Waals surface area contributed by atoms with Gasteiger partial charge in [-0.25, -0.2) is 0 Å². The van der Waals surface area contributed by atoms with Crippen LogP contribution in [0.1, 0.15) is 55.1 Å². The molecular formula is C16H21NO. The molecule has 0 heterocycles. The summed E-state index contributed by atoms with van der Waals surface area (Å²) in [5.74, 6) is 0.296. The highest BCUT2D eigenvalue weighted by molar-refractivity contribution is 5.90. The summed E-state index contributed by atoms with van der Waals surface area (Å²) in [6, 6.07) is 3.63. The lowest BCUT2D eigenvalue weighted by Gasteiger charge is -2.16. The maximum absolute atomic E-state index is 11.2. The Kier molecular flexibility index (Phi) is 4.49. The Hall–Kier alpha value is -1.83. The lowest BCUT2D eigenvalue weighted by Crippen LogP contribution is -2.02. The fraction of sp³-hybridized carbons (Fsp3) is 0.312. The third-order valence-electron chi connectivity index (χ3n) is 2.75.